The molecule has 140 valence electrons. The molecule has 1 saturated heterocycles. The maximum Gasteiger partial charge on any atom is 0.266 e. The van der Waals surface area contributed by atoms with Gasteiger partial charge in [0.25, 0.3) is 5.91 Å². The molecule has 1 N–H and O–H groups in total. The van der Waals surface area contributed by atoms with Gasteiger partial charge in [-0.2, -0.15) is 0 Å². The largest absolute Gasteiger partial charge is 0.497 e. The number of thiophene rings is 1. The second kappa shape index (κ2) is 9.16. The van der Waals surface area contributed by atoms with Crippen molar-refractivity contribution in [1.82, 2.24) is 4.90 Å². The Morgan fingerprint density at radius 2 is 2.19 bits per heavy atom. The van der Waals surface area contributed by atoms with Crippen molar-refractivity contribution < 1.29 is 14.3 Å². The Balaban J connectivity index is 1.50. The summed E-state index contributed by atoms with van der Waals surface area (Å²) in [6.07, 6.45) is 2.70. The van der Waals surface area contributed by atoms with Crippen molar-refractivity contribution in [2.24, 2.45) is 0 Å². The van der Waals surface area contributed by atoms with E-state index in [2.05, 4.69) is 5.32 Å². The van der Waals surface area contributed by atoms with Crippen molar-refractivity contribution in [2.75, 3.05) is 19.0 Å². The number of amides is 2. The summed E-state index contributed by atoms with van der Waals surface area (Å²) < 4.78 is 5.68. The number of carbonyl (C=O) groups excluding carboxylic acids is 2. The van der Waals surface area contributed by atoms with Crippen LogP contribution in [0.25, 0.3) is 6.08 Å². The highest BCUT2D eigenvalue weighted by molar-refractivity contribution is 8.26. The zero-order chi connectivity index (χ0) is 19.2. The number of benzene rings is 1. The summed E-state index contributed by atoms with van der Waals surface area (Å²) in [5, 5.41) is 4.80. The fraction of sp³-hybridized carbons (Fsp3) is 0.211. The molecule has 1 aromatic heterocycles. The van der Waals surface area contributed by atoms with E-state index >= 15 is 0 Å². The van der Waals surface area contributed by atoms with E-state index in [1.807, 2.05) is 35.7 Å². The van der Waals surface area contributed by atoms with E-state index in [0.29, 0.717) is 40.0 Å². The van der Waals surface area contributed by atoms with E-state index in [1.54, 1.807) is 35.5 Å². The molecule has 8 heteroatoms. The first-order chi connectivity index (χ1) is 13.1. The summed E-state index contributed by atoms with van der Waals surface area (Å²) in [5.41, 5.74) is 0.684. The zero-order valence-electron chi connectivity index (χ0n) is 14.6. The van der Waals surface area contributed by atoms with Crippen LogP contribution >= 0.6 is 35.3 Å². The summed E-state index contributed by atoms with van der Waals surface area (Å²) in [4.78, 5) is 27.9. The average Bonchev–Trinajstić information content (AvgIpc) is 3.25. The number of hydrogen-bond donors (Lipinski definition) is 1. The molecule has 0 bridgehead atoms. The molecule has 3 rings (SSSR count). The molecule has 2 heterocycles. The van der Waals surface area contributed by atoms with Crippen molar-refractivity contribution in [3.63, 3.8) is 0 Å². The van der Waals surface area contributed by atoms with Crippen molar-refractivity contribution in [3.8, 4) is 5.75 Å². The summed E-state index contributed by atoms with van der Waals surface area (Å²) >= 11 is 8.20. The molecule has 1 aromatic carbocycles. The smallest absolute Gasteiger partial charge is 0.266 e. The van der Waals surface area contributed by atoms with E-state index in [0.717, 1.165) is 4.88 Å². The van der Waals surface area contributed by atoms with Crippen molar-refractivity contribution in [1.29, 1.82) is 0 Å². The van der Waals surface area contributed by atoms with Gasteiger partial charge in [0.1, 0.15) is 10.1 Å². The van der Waals surface area contributed by atoms with Crippen molar-refractivity contribution >= 4 is 63.2 Å². The van der Waals surface area contributed by atoms with Gasteiger partial charge in [-0.05, 0) is 36.1 Å². The van der Waals surface area contributed by atoms with Crippen LogP contribution in [0.5, 0.6) is 5.75 Å². The number of ether oxygens (including phenoxy) is 1. The van der Waals surface area contributed by atoms with Crippen LogP contribution in [0.2, 0.25) is 0 Å². The minimum absolute atomic E-state index is 0.0911. The lowest BCUT2D eigenvalue weighted by molar-refractivity contribution is -0.122. The van der Waals surface area contributed by atoms with Crippen LogP contribution in [-0.4, -0.2) is 34.7 Å². The number of thioether (sulfide) groups is 1. The molecule has 0 aliphatic carbocycles. The highest BCUT2D eigenvalue weighted by Crippen LogP contribution is 2.33. The number of thiocarbonyl (C=S) groups is 1. The van der Waals surface area contributed by atoms with E-state index in [9.17, 15) is 9.59 Å². The fourth-order valence-corrected chi connectivity index (χ4v) is 4.55. The van der Waals surface area contributed by atoms with Gasteiger partial charge < -0.3 is 10.1 Å². The molecule has 2 aromatic rings. The highest BCUT2D eigenvalue weighted by Gasteiger charge is 2.31. The van der Waals surface area contributed by atoms with Gasteiger partial charge in [-0.25, -0.2) is 0 Å². The third-order valence-electron chi connectivity index (χ3n) is 3.83. The maximum absolute atomic E-state index is 12.5. The minimum Gasteiger partial charge on any atom is -0.497 e. The number of rotatable bonds is 7. The first-order valence-corrected chi connectivity index (χ1v) is 10.4. The molecule has 2 amide bonds. The van der Waals surface area contributed by atoms with E-state index in [-0.39, 0.29) is 11.8 Å². The number of anilines is 1. The Morgan fingerprint density at radius 3 is 2.93 bits per heavy atom. The average molecular weight is 419 g/mol. The first-order valence-electron chi connectivity index (χ1n) is 8.29. The van der Waals surface area contributed by atoms with Gasteiger partial charge in [0.2, 0.25) is 5.91 Å². The van der Waals surface area contributed by atoms with Crippen LogP contribution in [0.15, 0.2) is 46.7 Å². The highest BCUT2D eigenvalue weighted by atomic mass is 32.2. The molecular formula is C19H18N2O3S3. The quantitative estimate of drug-likeness (QED) is 0.534. The van der Waals surface area contributed by atoms with Gasteiger partial charge in [-0.3, -0.25) is 14.5 Å². The number of methoxy groups -OCH3 is 1. The number of nitrogens with zero attached hydrogens (tertiary/aromatic N) is 1. The lowest BCUT2D eigenvalue weighted by atomic mass is 10.2. The van der Waals surface area contributed by atoms with Gasteiger partial charge in [0, 0.05) is 29.6 Å². The van der Waals surface area contributed by atoms with Gasteiger partial charge in [-0.15, -0.1) is 11.3 Å². The minimum atomic E-state index is -0.108. The monoisotopic (exact) mass is 418 g/mol. The van der Waals surface area contributed by atoms with Crippen LogP contribution in [0.3, 0.4) is 0 Å². The van der Waals surface area contributed by atoms with Gasteiger partial charge >= 0.3 is 0 Å². The number of carbonyl (C=O) groups is 2. The standard InChI is InChI=1S/C19H18N2O3S3/c1-24-14-6-2-5-13(11-14)20-17(22)8-3-9-21-18(23)16(27-19(21)25)12-15-7-4-10-26-15/h2,4-7,10-12H,3,8-9H2,1H3,(H,20,22)/b16-12-. The molecule has 0 saturated carbocycles. The summed E-state index contributed by atoms with van der Waals surface area (Å²) in [6.45, 7) is 0.429. The first kappa shape index (κ1) is 19.6. The van der Waals surface area contributed by atoms with Gasteiger partial charge in [-0.1, -0.05) is 36.1 Å². The Hall–Kier alpha value is -2.16. The lowest BCUT2D eigenvalue weighted by Gasteiger charge is -2.14. The number of hydrogen-bond acceptors (Lipinski definition) is 6. The fourth-order valence-electron chi connectivity index (χ4n) is 2.52. The van der Waals surface area contributed by atoms with Gasteiger partial charge in [0.15, 0.2) is 0 Å². The third kappa shape index (κ3) is 5.18. The predicted molar refractivity (Wildman–Crippen MR) is 115 cm³/mol. The van der Waals surface area contributed by atoms with Gasteiger partial charge in [0.05, 0.1) is 12.0 Å². The summed E-state index contributed by atoms with van der Waals surface area (Å²) in [5.74, 6) is 0.484. The Bertz CT molecular complexity index is 878. The molecule has 0 atom stereocenters. The molecule has 0 spiro atoms. The summed E-state index contributed by atoms with van der Waals surface area (Å²) in [7, 11) is 1.58. The van der Waals surface area contributed by atoms with Crippen LogP contribution in [0, 0.1) is 0 Å². The third-order valence-corrected chi connectivity index (χ3v) is 6.03. The van der Waals surface area contributed by atoms with Crippen molar-refractivity contribution in [3.05, 3.63) is 51.6 Å². The Kier molecular flexibility index (Phi) is 6.65. The predicted octanol–water partition coefficient (Wildman–Crippen LogP) is 4.38. The lowest BCUT2D eigenvalue weighted by Crippen LogP contribution is -2.29. The Morgan fingerprint density at radius 1 is 1.33 bits per heavy atom. The van der Waals surface area contributed by atoms with Crippen molar-refractivity contribution in [2.45, 2.75) is 12.8 Å². The SMILES string of the molecule is COc1cccc(NC(=O)CCCN2C(=O)/C(=C/c3cccs3)SC2=S)c1. The second-order valence-electron chi connectivity index (χ2n) is 5.73. The number of nitrogens with one attached hydrogen (secondary N) is 1. The second-order valence-corrected chi connectivity index (χ2v) is 8.39. The molecule has 27 heavy (non-hydrogen) atoms. The molecular weight excluding hydrogens is 400 g/mol. The molecule has 1 aliphatic rings. The molecule has 0 radical (unpaired) electrons. The molecule has 1 aliphatic heterocycles. The summed E-state index contributed by atoms with van der Waals surface area (Å²) in [6, 6.07) is 11.1. The van der Waals surface area contributed by atoms with E-state index in [1.165, 1.54) is 11.8 Å². The van der Waals surface area contributed by atoms with E-state index in [4.69, 9.17) is 17.0 Å². The zero-order valence-corrected chi connectivity index (χ0v) is 17.1. The van der Waals surface area contributed by atoms with Crippen LogP contribution in [0.1, 0.15) is 17.7 Å². The normalized spacial score (nSPS) is 15.4. The molecule has 5 nitrogen and oxygen atoms in total. The molecule has 0 unspecified atom stereocenters. The van der Waals surface area contributed by atoms with E-state index < -0.39 is 0 Å². The molecule has 1 fully saturated rings. The Labute approximate surface area is 171 Å². The maximum atomic E-state index is 12.5. The van der Waals surface area contributed by atoms with Crippen LogP contribution in [-0.2, 0) is 9.59 Å². The van der Waals surface area contributed by atoms with Crippen LogP contribution < -0.4 is 10.1 Å². The topological polar surface area (TPSA) is 58.6 Å². The van der Waals surface area contributed by atoms with Crippen LogP contribution in [0.4, 0.5) is 5.69 Å².